The van der Waals surface area contributed by atoms with Gasteiger partial charge in [-0.1, -0.05) is 28.3 Å². The first kappa shape index (κ1) is 20.5. The van der Waals surface area contributed by atoms with Gasteiger partial charge >= 0.3 is 0 Å². The Morgan fingerprint density at radius 1 is 1.35 bits per heavy atom. The van der Waals surface area contributed by atoms with Crippen LogP contribution in [-0.4, -0.2) is 46.9 Å². The van der Waals surface area contributed by atoms with E-state index in [1.54, 1.807) is 30.4 Å². The van der Waals surface area contributed by atoms with Crippen molar-refractivity contribution >= 4 is 46.4 Å². The van der Waals surface area contributed by atoms with E-state index in [4.69, 9.17) is 4.74 Å². The summed E-state index contributed by atoms with van der Waals surface area (Å²) in [5.41, 5.74) is 1.25. The molecule has 2 heterocycles. The summed E-state index contributed by atoms with van der Waals surface area (Å²) in [6, 6.07) is 3.42. The molecular formula is C17H20IN4O3P. The van der Waals surface area contributed by atoms with Crippen LogP contribution in [0.15, 0.2) is 30.7 Å². The number of carbonyl (C=O) groups is 2. The first-order valence-electron chi connectivity index (χ1n) is 7.94. The van der Waals surface area contributed by atoms with Gasteiger partial charge in [0.05, 0.1) is 18.0 Å². The van der Waals surface area contributed by atoms with E-state index in [-0.39, 0.29) is 17.3 Å². The van der Waals surface area contributed by atoms with Gasteiger partial charge in [0.2, 0.25) is 6.41 Å². The van der Waals surface area contributed by atoms with Gasteiger partial charge in [0.1, 0.15) is 17.3 Å². The van der Waals surface area contributed by atoms with E-state index in [9.17, 15) is 9.59 Å². The minimum atomic E-state index is -0.216. The molecule has 0 bridgehead atoms. The molecule has 0 aliphatic carbocycles. The van der Waals surface area contributed by atoms with E-state index in [0.717, 1.165) is 24.4 Å². The molecule has 9 heteroatoms. The molecule has 0 fully saturated rings. The fraction of sp³-hybridized carbons (Fsp3) is 0.294. The summed E-state index contributed by atoms with van der Waals surface area (Å²) in [5, 5.41) is 2.47. The monoisotopic (exact) mass is 486 g/mol. The van der Waals surface area contributed by atoms with Crippen LogP contribution in [0.5, 0.6) is 11.5 Å². The first-order chi connectivity index (χ1) is 12.5. The zero-order valence-corrected chi connectivity index (χ0v) is 17.7. The van der Waals surface area contributed by atoms with Crippen LogP contribution in [0.25, 0.3) is 0 Å². The number of amides is 2. The fourth-order valence-corrected chi connectivity index (χ4v) is 3.68. The van der Waals surface area contributed by atoms with Crippen molar-refractivity contribution in [1.29, 1.82) is 0 Å². The molecule has 1 N–H and O–H groups in total. The number of aryl methyl sites for hydroxylation is 1. The highest BCUT2D eigenvalue weighted by Gasteiger charge is 2.18. The number of nitrogens with zero attached hydrogens (tertiary/aromatic N) is 3. The highest BCUT2D eigenvalue weighted by molar-refractivity contribution is 14.2. The van der Waals surface area contributed by atoms with Gasteiger partial charge in [-0.2, -0.15) is 0 Å². The predicted octanol–water partition coefficient (Wildman–Crippen LogP) is 3.64. The Labute approximate surface area is 167 Å². The first-order valence-corrected chi connectivity index (χ1v) is 12.3. The molecule has 1 atom stereocenters. The normalized spacial score (nSPS) is 10.7. The van der Waals surface area contributed by atoms with Crippen molar-refractivity contribution in [1.82, 2.24) is 14.9 Å². The molecule has 0 radical (unpaired) electrons. The lowest BCUT2D eigenvalue weighted by Gasteiger charge is -2.18. The van der Waals surface area contributed by atoms with Gasteiger partial charge in [-0.25, -0.2) is 4.98 Å². The highest BCUT2D eigenvalue weighted by atomic mass is 127. The van der Waals surface area contributed by atoms with Gasteiger partial charge < -0.3 is 15.0 Å². The molecule has 1 unspecified atom stereocenters. The standard InChI is InChI=1S/C17H20IN4O3P/c1-12-6-13(9-19-8-12)25-14-7-15(16(20-10-14)21-11-23)17(24)22(2)4-3-5-26-18/h6-11,26H,3-5H2,1-2H3,(H,20,21,23). The van der Waals surface area contributed by atoms with Crippen LogP contribution >= 0.6 is 28.3 Å². The molecule has 26 heavy (non-hydrogen) atoms. The number of halogens is 1. The van der Waals surface area contributed by atoms with Gasteiger partial charge in [-0.3, -0.25) is 14.6 Å². The van der Waals surface area contributed by atoms with Gasteiger partial charge in [0, 0.05) is 19.8 Å². The smallest absolute Gasteiger partial charge is 0.257 e. The number of nitrogens with one attached hydrogen (secondary N) is 1. The molecule has 138 valence electrons. The molecule has 0 saturated heterocycles. The quantitative estimate of drug-likeness (QED) is 0.253. The number of pyridine rings is 2. The van der Waals surface area contributed by atoms with Crippen LogP contribution in [0.1, 0.15) is 22.3 Å². The number of carbonyl (C=O) groups excluding carboxylic acids is 2. The van der Waals surface area contributed by atoms with Crippen molar-refractivity contribution < 1.29 is 14.3 Å². The van der Waals surface area contributed by atoms with E-state index in [1.807, 2.05) is 13.0 Å². The molecule has 0 aromatic carbocycles. The van der Waals surface area contributed by atoms with Gasteiger partial charge in [0.25, 0.3) is 5.91 Å². The average Bonchev–Trinajstić information content (AvgIpc) is 2.62. The van der Waals surface area contributed by atoms with E-state index in [1.165, 1.54) is 6.20 Å². The summed E-state index contributed by atoms with van der Waals surface area (Å²) in [4.78, 5) is 33.4. The largest absolute Gasteiger partial charge is 0.454 e. The average molecular weight is 486 g/mol. The van der Waals surface area contributed by atoms with Crippen molar-refractivity contribution in [3.8, 4) is 11.5 Å². The summed E-state index contributed by atoms with van der Waals surface area (Å²) < 4.78 is 5.75. The highest BCUT2D eigenvalue weighted by Crippen LogP contribution is 2.26. The second-order valence-corrected chi connectivity index (χ2v) is 8.65. The lowest BCUT2D eigenvalue weighted by molar-refractivity contribution is -0.105. The second kappa shape index (κ2) is 10.4. The Morgan fingerprint density at radius 2 is 2.12 bits per heavy atom. The SMILES string of the molecule is Cc1cncc(Oc2cnc(NC=O)c(C(=O)N(C)CCCPI)c2)c1. The summed E-state index contributed by atoms with van der Waals surface area (Å²) in [6.45, 7) is 2.55. The molecular weight excluding hydrogens is 466 g/mol. The minimum Gasteiger partial charge on any atom is -0.454 e. The Morgan fingerprint density at radius 3 is 2.81 bits per heavy atom. The Bertz CT molecular complexity index is 775. The van der Waals surface area contributed by atoms with Crippen molar-refractivity contribution in [2.75, 3.05) is 25.1 Å². The van der Waals surface area contributed by atoms with Crippen molar-refractivity contribution in [3.63, 3.8) is 0 Å². The van der Waals surface area contributed by atoms with Crippen molar-refractivity contribution in [3.05, 3.63) is 41.9 Å². The molecule has 2 aromatic heterocycles. The molecule has 0 aliphatic heterocycles. The lowest BCUT2D eigenvalue weighted by Crippen LogP contribution is -2.29. The van der Waals surface area contributed by atoms with E-state index < -0.39 is 0 Å². The Balaban J connectivity index is 2.24. The fourth-order valence-electron chi connectivity index (χ4n) is 2.24. The lowest BCUT2D eigenvalue weighted by atomic mass is 10.2. The molecule has 2 aromatic rings. The minimum absolute atomic E-state index is 0.210. The molecule has 7 nitrogen and oxygen atoms in total. The van der Waals surface area contributed by atoms with Crippen LogP contribution in [0.3, 0.4) is 0 Å². The summed E-state index contributed by atoms with van der Waals surface area (Å²) in [5.74, 6) is 0.950. The Hall–Kier alpha value is -1.80. The number of hydrogen-bond donors (Lipinski definition) is 1. The topological polar surface area (TPSA) is 84.4 Å². The number of aromatic nitrogens is 2. The predicted molar refractivity (Wildman–Crippen MR) is 112 cm³/mol. The van der Waals surface area contributed by atoms with Crippen molar-refractivity contribution in [2.24, 2.45) is 0 Å². The number of rotatable bonds is 9. The Kier molecular flexibility index (Phi) is 8.18. The zero-order valence-electron chi connectivity index (χ0n) is 14.5. The molecule has 0 spiro atoms. The molecule has 2 amide bonds. The van der Waals surface area contributed by atoms with Gasteiger partial charge in [-0.15, -0.1) is 0 Å². The second-order valence-electron chi connectivity index (χ2n) is 5.59. The third-order valence-electron chi connectivity index (χ3n) is 3.49. The van der Waals surface area contributed by atoms with Gasteiger partial charge in [-0.05, 0) is 37.2 Å². The summed E-state index contributed by atoms with van der Waals surface area (Å²) in [7, 11) is 1.74. The molecule has 2 rings (SSSR count). The maximum atomic E-state index is 12.8. The van der Waals surface area contributed by atoms with Crippen LogP contribution < -0.4 is 10.1 Å². The number of anilines is 1. The van der Waals surface area contributed by atoms with Gasteiger partial charge in [0.15, 0.2) is 0 Å². The maximum Gasteiger partial charge on any atom is 0.257 e. The van der Waals surface area contributed by atoms with Crippen LogP contribution in [0.4, 0.5) is 5.82 Å². The summed E-state index contributed by atoms with van der Waals surface area (Å²) >= 11 is 2.34. The molecule has 0 saturated carbocycles. The van der Waals surface area contributed by atoms with E-state index in [2.05, 4.69) is 37.3 Å². The van der Waals surface area contributed by atoms with Crippen molar-refractivity contribution in [2.45, 2.75) is 13.3 Å². The zero-order chi connectivity index (χ0) is 18.9. The van der Waals surface area contributed by atoms with Crippen LogP contribution in [0, 0.1) is 6.92 Å². The van der Waals surface area contributed by atoms with Crippen LogP contribution in [0.2, 0.25) is 0 Å². The maximum absolute atomic E-state index is 12.8. The van der Waals surface area contributed by atoms with Crippen LogP contribution in [-0.2, 0) is 4.79 Å². The third kappa shape index (κ3) is 5.88. The van der Waals surface area contributed by atoms with E-state index in [0.29, 0.717) is 24.5 Å². The number of ether oxygens (including phenoxy) is 1. The third-order valence-corrected chi connectivity index (χ3v) is 5.65. The number of hydrogen-bond acceptors (Lipinski definition) is 5. The summed E-state index contributed by atoms with van der Waals surface area (Å²) in [6.07, 6.45) is 8.10. The molecule has 0 aliphatic rings. The van der Waals surface area contributed by atoms with E-state index >= 15 is 0 Å².